The second-order valence-corrected chi connectivity index (χ2v) is 4.82. The number of hydrogen-bond acceptors (Lipinski definition) is 4. The molecule has 1 saturated carbocycles. The third-order valence-electron chi connectivity index (χ3n) is 3.80. The highest BCUT2D eigenvalue weighted by Gasteiger charge is 2.32. The van der Waals surface area contributed by atoms with E-state index in [4.69, 9.17) is 15.2 Å². The molecule has 1 aliphatic rings. The van der Waals surface area contributed by atoms with Gasteiger partial charge in [0.05, 0.1) is 26.4 Å². The highest BCUT2D eigenvalue weighted by Crippen LogP contribution is 2.37. The van der Waals surface area contributed by atoms with Crippen LogP contribution in [0.3, 0.4) is 0 Å². The Morgan fingerprint density at radius 2 is 1.95 bits per heavy atom. The highest BCUT2D eigenvalue weighted by molar-refractivity contribution is 5.85. The summed E-state index contributed by atoms with van der Waals surface area (Å²) in [6.07, 6.45) is 2.78. The molecule has 3 N–H and O–H groups in total. The van der Waals surface area contributed by atoms with E-state index in [9.17, 15) is 5.11 Å². The summed E-state index contributed by atoms with van der Waals surface area (Å²) >= 11 is 0. The Labute approximate surface area is 120 Å². The quantitative estimate of drug-likeness (QED) is 0.872. The number of aliphatic hydroxyl groups excluding tert-OH is 1. The number of hydrogen-bond donors (Lipinski definition) is 2. The van der Waals surface area contributed by atoms with Crippen molar-refractivity contribution in [1.29, 1.82) is 0 Å². The summed E-state index contributed by atoms with van der Waals surface area (Å²) in [6.45, 7) is 0. The number of rotatable bonds is 5. The van der Waals surface area contributed by atoms with Gasteiger partial charge in [-0.1, -0.05) is 6.42 Å². The van der Waals surface area contributed by atoms with Gasteiger partial charge in [-0.15, -0.1) is 12.4 Å². The summed E-state index contributed by atoms with van der Waals surface area (Å²) in [5.74, 6) is 1.74. The lowest BCUT2D eigenvalue weighted by Gasteiger charge is -2.34. The molecule has 0 saturated heterocycles. The maximum absolute atomic E-state index is 10.3. The first-order valence-electron chi connectivity index (χ1n) is 6.33. The summed E-state index contributed by atoms with van der Waals surface area (Å²) in [7, 11) is 3.22. The van der Waals surface area contributed by atoms with Crippen LogP contribution in [-0.2, 0) is 0 Å². The van der Waals surface area contributed by atoms with Crippen LogP contribution in [0.25, 0.3) is 0 Å². The molecule has 0 heterocycles. The molecule has 0 spiro atoms. The van der Waals surface area contributed by atoms with Crippen molar-refractivity contribution in [2.24, 2.45) is 11.7 Å². The van der Waals surface area contributed by atoms with E-state index in [0.29, 0.717) is 11.7 Å². The Balaban J connectivity index is 0.00000180. The maximum Gasteiger partial charge on any atom is 0.123 e. The van der Waals surface area contributed by atoms with E-state index >= 15 is 0 Å². The topological polar surface area (TPSA) is 64.7 Å². The summed E-state index contributed by atoms with van der Waals surface area (Å²) in [5, 5.41) is 10.3. The van der Waals surface area contributed by atoms with Gasteiger partial charge in [0, 0.05) is 5.56 Å². The number of aliphatic hydroxyl groups is 1. The molecule has 0 unspecified atom stereocenters. The third kappa shape index (κ3) is 3.32. The summed E-state index contributed by atoms with van der Waals surface area (Å²) in [6, 6.07) is 5.05. The SMILES string of the molecule is COc1ccc(OC)c([C@H](N)[C@H](O)C2CCC2)c1.Cl. The number of halogens is 1. The van der Waals surface area contributed by atoms with Gasteiger partial charge in [-0.3, -0.25) is 0 Å². The highest BCUT2D eigenvalue weighted by atomic mass is 35.5. The zero-order chi connectivity index (χ0) is 13.1. The Hall–Kier alpha value is -0.970. The summed E-state index contributed by atoms with van der Waals surface area (Å²) < 4.78 is 10.5. The minimum atomic E-state index is -0.514. The minimum absolute atomic E-state index is 0. The Morgan fingerprint density at radius 1 is 1.26 bits per heavy atom. The van der Waals surface area contributed by atoms with E-state index in [-0.39, 0.29) is 12.4 Å². The predicted octanol–water partition coefficient (Wildman–Crippen LogP) is 2.29. The number of benzene rings is 1. The van der Waals surface area contributed by atoms with E-state index in [1.165, 1.54) is 6.42 Å². The van der Waals surface area contributed by atoms with Crippen LogP contribution in [0.15, 0.2) is 18.2 Å². The average Bonchev–Trinajstić information content (AvgIpc) is 2.34. The second-order valence-electron chi connectivity index (χ2n) is 4.82. The number of nitrogens with two attached hydrogens (primary N) is 1. The molecule has 0 aliphatic heterocycles. The van der Waals surface area contributed by atoms with Gasteiger partial charge in [-0.2, -0.15) is 0 Å². The smallest absolute Gasteiger partial charge is 0.123 e. The Morgan fingerprint density at radius 3 is 2.42 bits per heavy atom. The first-order valence-corrected chi connectivity index (χ1v) is 6.33. The van der Waals surface area contributed by atoms with Gasteiger partial charge in [0.2, 0.25) is 0 Å². The molecule has 19 heavy (non-hydrogen) atoms. The van der Waals surface area contributed by atoms with Crippen LogP contribution in [0.2, 0.25) is 0 Å². The van der Waals surface area contributed by atoms with Crippen molar-refractivity contribution in [2.45, 2.75) is 31.4 Å². The maximum atomic E-state index is 10.3. The standard InChI is InChI=1S/C14H21NO3.ClH/c1-17-10-6-7-12(18-2)11(8-10)13(15)14(16)9-4-3-5-9;/h6-9,13-14,16H,3-5,15H2,1-2H3;1H/t13-,14+;/m0./s1. The van der Waals surface area contributed by atoms with Gasteiger partial charge in [-0.05, 0) is 37.0 Å². The van der Waals surface area contributed by atoms with Crippen molar-refractivity contribution in [3.05, 3.63) is 23.8 Å². The largest absolute Gasteiger partial charge is 0.497 e. The van der Waals surface area contributed by atoms with Gasteiger partial charge in [0.25, 0.3) is 0 Å². The van der Waals surface area contributed by atoms with Crippen LogP contribution in [0.4, 0.5) is 0 Å². The molecule has 0 bridgehead atoms. The average molecular weight is 288 g/mol. The molecule has 1 aliphatic carbocycles. The van der Waals surface area contributed by atoms with Gasteiger partial charge < -0.3 is 20.3 Å². The molecule has 0 radical (unpaired) electrons. The van der Waals surface area contributed by atoms with Crippen LogP contribution in [0.5, 0.6) is 11.5 Å². The van der Waals surface area contributed by atoms with Crippen molar-refractivity contribution in [1.82, 2.24) is 0 Å². The van der Waals surface area contributed by atoms with Crippen molar-refractivity contribution in [2.75, 3.05) is 14.2 Å². The molecule has 4 nitrogen and oxygen atoms in total. The molecule has 2 atom stereocenters. The minimum Gasteiger partial charge on any atom is -0.497 e. The van der Waals surface area contributed by atoms with E-state index < -0.39 is 12.1 Å². The fourth-order valence-electron chi connectivity index (χ4n) is 2.36. The normalized spacial score (nSPS) is 17.9. The lowest BCUT2D eigenvalue weighted by Crippen LogP contribution is -2.36. The molecule has 0 amide bonds. The van der Waals surface area contributed by atoms with E-state index in [0.717, 1.165) is 24.2 Å². The molecule has 0 aromatic heterocycles. The summed E-state index contributed by atoms with van der Waals surface area (Å²) in [5.41, 5.74) is 6.97. The lowest BCUT2D eigenvalue weighted by molar-refractivity contribution is 0.0407. The zero-order valence-electron chi connectivity index (χ0n) is 11.3. The molecule has 1 aromatic carbocycles. The fourth-order valence-corrected chi connectivity index (χ4v) is 2.36. The monoisotopic (exact) mass is 287 g/mol. The van der Waals surface area contributed by atoms with Crippen LogP contribution < -0.4 is 15.2 Å². The zero-order valence-corrected chi connectivity index (χ0v) is 12.2. The molecule has 108 valence electrons. The predicted molar refractivity (Wildman–Crippen MR) is 77.1 cm³/mol. The van der Waals surface area contributed by atoms with E-state index in [1.54, 1.807) is 14.2 Å². The van der Waals surface area contributed by atoms with Gasteiger partial charge in [0.1, 0.15) is 11.5 Å². The number of ether oxygens (including phenoxy) is 2. The van der Waals surface area contributed by atoms with Gasteiger partial charge in [0.15, 0.2) is 0 Å². The molecule has 1 fully saturated rings. The molecule has 2 rings (SSSR count). The molecular weight excluding hydrogens is 266 g/mol. The van der Waals surface area contributed by atoms with Gasteiger partial charge in [-0.25, -0.2) is 0 Å². The summed E-state index contributed by atoms with van der Waals surface area (Å²) in [4.78, 5) is 0. The second kappa shape index (κ2) is 6.98. The van der Waals surface area contributed by atoms with E-state index in [2.05, 4.69) is 0 Å². The van der Waals surface area contributed by atoms with Crippen molar-refractivity contribution >= 4 is 12.4 Å². The van der Waals surface area contributed by atoms with Crippen molar-refractivity contribution in [3.63, 3.8) is 0 Å². The van der Waals surface area contributed by atoms with Crippen LogP contribution >= 0.6 is 12.4 Å². The Kier molecular flexibility index (Phi) is 5.91. The fraction of sp³-hybridized carbons (Fsp3) is 0.571. The molecular formula is C14H22ClNO3. The molecule has 1 aromatic rings. The van der Waals surface area contributed by atoms with Crippen LogP contribution in [0.1, 0.15) is 30.9 Å². The van der Waals surface area contributed by atoms with Gasteiger partial charge >= 0.3 is 0 Å². The van der Waals surface area contributed by atoms with Crippen molar-refractivity contribution < 1.29 is 14.6 Å². The van der Waals surface area contributed by atoms with Crippen LogP contribution in [0, 0.1) is 5.92 Å². The van der Waals surface area contributed by atoms with E-state index in [1.807, 2.05) is 18.2 Å². The first kappa shape index (κ1) is 16.1. The van der Waals surface area contributed by atoms with Crippen LogP contribution in [-0.4, -0.2) is 25.4 Å². The lowest BCUT2D eigenvalue weighted by atomic mass is 9.77. The first-order chi connectivity index (χ1) is 8.67. The Bertz CT molecular complexity index is 410. The van der Waals surface area contributed by atoms with Crippen molar-refractivity contribution in [3.8, 4) is 11.5 Å². The molecule has 5 heteroatoms. The number of methoxy groups -OCH3 is 2. The third-order valence-corrected chi connectivity index (χ3v) is 3.80.